The number of para-hydroxylation sites is 2. The largest absolute Gasteiger partial charge is 0.493 e. The molecule has 0 bridgehead atoms. The number of hydrogen-bond donors (Lipinski definition) is 0. The van der Waals surface area contributed by atoms with Crippen LogP contribution in [0.3, 0.4) is 0 Å². The lowest BCUT2D eigenvalue weighted by molar-refractivity contribution is -0.162. The molecule has 0 N–H and O–H groups in total. The summed E-state index contributed by atoms with van der Waals surface area (Å²) in [5, 5.41) is 0. The summed E-state index contributed by atoms with van der Waals surface area (Å²) in [6.45, 7) is 0. The molecule has 2 aromatic carbocycles. The second-order valence-electron chi connectivity index (χ2n) is 6.01. The molecule has 5 heteroatoms. The lowest BCUT2D eigenvalue weighted by Gasteiger charge is -2.30. The summed E-state index contributed by atoms with van der Waals surface area (Å²) in [5.41, 5.74) is 1.94. The van der Waals surface area contributed by atoms with Crippen molar-refractivity contribution < 1.29 is 23.7 Å². The minimum atomic E-state index is -1.18. The van der Waals surface area contributed by atoms with E-state index in [1.54, 1.807) is 7.11 Å². The zero-order valence-corrected chi connectivity index (χ0v) is 13.6. The number of methoxy groups -OCH3 is 2. The molecular weight excluding hydrogens is 308 g/mol. The summed E-state index contributed by atoms with van der Waals surface area (Å²) in [7, 11) is 2.89. The molecule has 4 rings (SSSR count). The number of carbonyl (C=O) groups is 1. The summed E-state index contributed by atoms with van der Waals surface area (Å²) in [6, 6.07) is 13.6. The highest BCUT2D eigenvalue weighted by molar-refractivity contribution is 5.75. The lowest BCUT2D eigenvalue weighted by atomic mass is 9.86. The van der Waals surface area contributed by atoms with Gasteiger partial charge in [-0.2, -0.15) is 0 Å². The molecule has 1 spiro atoms. The normalized spacial score (nSPS) is 19.7. The predicted molar refractivity (Wildman–Crippen MR) is 86.5 cm³/mol. The first-order valence-electron chi connectivity index (χ1n) is 7.88. The molecule has 1 fully saturated rings. The van der Waals surface area contributed by atoms with E-state index in [-0.39, 0.29) is 5.41 Å². The van der Waals surface area contributed by atoms with Crippen molar-refractivity contribution in [1.82, 2.24) is 0 Å². The molecular formula is C19H18O5. The molecule has 1 saturated carbocycles. The highest BCUT2D eigenvalue weighted by atomic mass is 16.7. The smallest absolute Gasteiger partial charge is 0.389 e. The molecule has 24 heavy (non-hydrogen) atoms. The minimum absolute atomic E-state index is 0.151. The molecule has 1 aliphatic carbocycles. The van der Waals surface area contributed by atoms with E-state index in [4.69, 9.17) is 18.9 Å². The van der Waals surface area contributed by atoms with Gasteiger partial charge in [-0.3, -0.25) is 0 Å². The van der Waals surface area contributed by atoms with E-state index < -0.39 is 12.3 Å². The van der Waals surface area contributed by atoms with E-state index in [9.17, 15) is 4.79 Å². The Morgan fingerprint density at radius 1 is 1.04 bits per heavy atom. The molecule has 0 amide bonds. The summed E-state index contributed by atoms with van der Waals surface area (Å²) in [5.74, 6) is 1.19. The second kappa shape index (κ2) is 5.44. The fourth-order valence-electron chi connectivity index (χ4n) is 3.39. The van der Waals surface area contributed by atoms with Crippen molar-refractivity contribution in [1.29, 1.82) is 0 Å². The van der Waals surface area contributed by atoms with Crippen LogP contribution in [-0.2, 0) is 14.9 Å². The maximum Gasteiger partial charge on any atom is 0.389 e. The van der Waals surface area contributed by atoms with Crippen molar-refractivity contribution in [2.24, 2.45) is 0 Å². The zero-order valence-electron chi connectivity index (χ0n) is 13.6. The van der Waals surface area contributed by atoms with Crippen LogP contribution in [0.25, 0.3) is 0 Å². The molecule has 1 heterocycles. The Morgan fingerprint density at radius 2 is 1.79 bits per heavy atom. The van der Waals surface area contributed by atoms with E-state index >= 15 is 0 Å². The summed E-state index contributed by atoms with van der Waals surface area (Å²) in [4.78, 5) is 12.1. The van der Waals surface area contributed by atoms with Crippen LogP contribution in [0.5, 0.6) is 17.2 Å². The Morgan fingerprint density at radius 3 is 2.50 bits per heavy atom. The number of benzene rings is 2. The van der Waals surface area contributed by atoms with E-state index in [1.807, 2.05) is 42.5 Å². The SMILES string of the molecule is COC(=O)C1Oc2ccccc2C2(CC2)c2cccc(OC)c2O1. The second-order valence-corrected chi connectivity index (χ2v) is 6.01. The fraction of sp³-hybridized carbons (Fsp3) is 0.316. The summed E-state index contributed by atoms with van der Waals surface area (Å²) in [6.07, 6.45) is 0.821. The average molecular weight is 326 g/mol. The molecule has 0 saturated heterocycles. The van der Waals surface area contributed by atoms with E-state index in [0.29, 0.717) is 17.2 Å². The molecule has 0 aromatic heterocycles. The standard InChI is InChI=1S/C19H18O5/c1-21-15-9-5-7-13-16(15)24-18(17(20)22-2)23-14-8-4-3-6-12(14)19(13)10-11-19/h3-9,18H,10-11H2,1-2H3. The van der Waals surface area contributed by atoms with Crippen LogP contribution < -0.4 is 14.2 Å². The van der Waals surface area contributed by atoms with Gasteiger partial charge in [0.1, 0.15) is 5.75 Å². The maximum atomic E-state index is 12.1. The first kappa shape index (κ1) is 14.9. The van der Waals surface area contributed by atoms with Gasteiger partial charge in [-0.15, -0.1) is 0 Å². The lowest BCUT2D eigenvalue weighted by Crippen LogP contribution is -2.37. The van der Waals surface area contributed by atoms with Crippen LogP contribution in [-0.4, -0.2) is 26.5 Å². The van der Waals surface area contributed by atoms with Crippen molar-refractivity contribution in [3.8, 4) is 17.2 Å². The van der Waals surface area contributed by atoms with Crippen molar-refractivity contribution in [3.63, 3.8) is 0 Å². The van der Waals surface area contributed by atoms with Crippen LogP contribution in [0.1, 0.15) is 24.0 Å². The average Bonchev–Trinajstić information content (AvgIpc) is 3.41. The predicted octanol–water partition coefficient (Wildman–Crippen LogP) is 3.05. The zero-order chi connectivity index (χ0) is 16.7. The number of ether oxygens (including phenoxy) is 4. The van der Waals surface area contributed by atoms with Gasteiger partial charge < -0.3 is 18.9 Å². The Balaban J connectivity index is 1.94. The van der Waals surface area contributed by atoms with E-state index in [1.165, 1.54) is 7.11 Å². The number of fused-ring (bicyclic) bond motifs is 4. The Hall–Kier alpha value is -2.69. The first-order chi connectivity index (χ1) is 11.7. The highest BCUT2D eigenvalue weighted by Crippen LogP contribution is 2.60. The number of carbonyl (C=O) groups excluding carboxylic acids is 1. The molecule has 1 aliphatic heterocycles. The van der Waals surface area contributed by atoms with Crippen LogP contribution >= 0.6 is 0 Å². The highest BCUT2D eigenvalue weighted by Gasteiger charge is 2.51. The Kier molecular flexibility index (Phi) is 3.37. The third-order valence-electron chi connectivity index (χ3n) is 4.72. The summed E-state index contributed by atoms with van der Waals surface area (Å²) < 4.78 is 22.1. The Bertz CT molecular complexity index is 794. The Labute approximate surface area is 140 Å². The van der Waals surface area contributed by atoms with Gasteiger partial charge in [-0.05, 0) is 25.0 Å². The molecule has 2 aliphatic rings. The van der Waals surface area contributed by atoms with Gasteiger partial charge in [-0.25, -0.2) is 4.79 Å². The number of rotatable bonds is 2. The van der Waals surface area contributed by atoms with Crippen LogP contribution in [0.4, 0.5) is 0 Å². The van der Waals surface area contributed by atoms with Gasteiger partial charge in [0, 0.05) is 16.5 Å². The van der Waals surface area contributed by atoms with Gasteiger partial charge >= 0.3 is 12.3 Å². The van der Waals surface area contributed by atoms with Gasteiger partial charge in [0.25, 0.3) is 0 Å². The quantitative estimate of drug-likeness (QED) is 0.794. The van der Waals surface area contributed by atoms with Gasteiger partial charge in [-0.1, -0.05) is 30.3 Å². The minimum Gasteiger partial charge on any atom is -0.493 e. The molecule has 124 valence electrons. The topological polar surface area (TPSA) is 54.0 Å². The molecule has 2 aromatic rings. The maximum absolute atomic E-state index is 12.1. The van der Waals surface area contributed by atoms with Crippen molar-refractivity contribution in [2.75, 3.05) is 14.2 Å². The van der Waals surface area contributed by atoms with E-state index in [2.05, 4.69) is 0 Å². The first-order valence-corrected chi connectivity index (χ1v) is 7.88. The van der Waals surface area contributed by atoms with Crippen molar-refractivity contribution in [3.05, 3.63) is 53.6 Å². The fourth-order valence-corrected chi connectivity index (χ4v) is 3.39. The summed E-state index contributed by atoms with van der Waals surface area (Å²) >= 11 is 0. The third kappa shape index (κ3) is 2.12. The van der Waals surface area contributed by atoms with Crippen molar-refractivity contribution in [2.45, 2.75) is 24.5 Å². The monoisotopic (exact) mass is 326 g/mol. The van der Waals surface area contributed by atoms with Crippen LogP contribution in [0.2, 0.25) is 0 Å². The van der Waals surface area contributed by atoms with Gasteiger partial charge in [0.05, 0.1) is 14.2 Å². The van der Waals surface area contributed by atoms with Crippen LogP contribution in [0, 0.1) is 0 Å². The van der Waals surface area contributed by atoms with Crippen LogP contribution in [0.15, 0.2) is 42.5 Å². The molecule has 0 radical (unpaired) electrons. The molecule has 1 atom stereocenters. The molecule has 5 nitrogen and oxygen atoms in total. The van der Waals surface area contributed by atoms with Gasteiger partial charge in [0.15, 0.2) is 11.5 Å². The van der Waals surface area contributed by atoms with E-state index in [0.717, 1.165) is 24.0 Å². The number of esters is 1. The molecule has 1 unspecified atom stereocenters. The van der Waals surface area contributed by atoms with Crippen molar-refractivity contribution >= 4 is 5.97 Å². The number of hydrogen-bond acceptors (Lipinski definition) is 5. The third-order valence-corrected chi connectivity index (χ3v) is 4.72. The van der Waals surface area contributed by atoms with Gasteiger partial charge in [0.2, 0.25) is 0 Å².